The largest absolute Gasteiger partial charge is 0.350 e. The fourth-order valence-corrected chi connectivity index (χ4v) is 3.38. The highest BCUT2D eigenvalue weighted by molar-refractivity contribution is 6.30. The number of amides is 2. The minimum atomic E-state index is -0.356. The second kappa shape index (κ2) is 8.84. The molecule has 1 aromatic heterocycles. The summed E-state index contributed by atoms with van der Waals surface area (Å²) >= 11 is 6.01. The summed E-state index contributed by atoms with van der Waals surface area (Å²) in [6.07, 6.45) is 0. The maximum absolute atomic E-state index is 13.4. The van der Waals surface area contributed by atoms with Gasteiger partial charge in [0.1, 0.15) is 0 Å². The van der Waals surface area contributed by atoms with Crippen LogP contribution in [-0.4, -0.2) is 40.3 Å². The second-order valence-corrected chi connectivity index (χ2v) is 8.63. The number of carbonyl (C=O) groups is 2. The van der Waals surface area contributed by atoms with Crippen molar-refractivity contribution < 1.29 is 9.59 Å². The van der Waals surface area contributed by atoms with E-state index in [1.807, 2.05) is 64.1 Å². The van der Waals surface area contributed by atoms with E-state index < -0.39 is 0 Å². The van der Waals surface area contributed by atoms with Gasteiger partial charge >= 0.3 is 0 Å². The van der Waals surface area contributed by atoms with Gasteiger partial charge in [0.25, 0.3) is 5.91 Å². The lowest BCUT2D eigenvalue weighted by Gasteiger charge is -2.25. The Kier molecular flexibility index (Phi) is 6.42. The number of nitrogens with zero attached hydrogens (tertiary/aromatic N) is 2. The third kappa shape index (κ3) is 5.16. The van der Waals surface area contributed by atoms with Crippen LogP contribution in [0.3, 0.4) is 0 Å². The Labute approximate surface area is 182 Å². The molecule has 0 aliphatic heterocycles. The van der Waals surface area contributed by atoms with Gasteiger partial charge < -0.3 is 10.2 Å². The highest BCUT2D eigenvalue weighted by atomic mass is 35.5. The van der Waals surface area contributed by atoms with Crippen molar-refractivity contribution in [2.75, 3.05) is 13.1 Å². The van der Waals surface area contributed by atoms with Crippen LogP contribution in [0.15, 0.2) is 54.6 Å². The van der Waals surface area contributed by atoms with Crippen LogP contribution in [0.4, 0.5) is 0 Å². The lowest BCUT2D eigenvalue weighted by Crippen LogP contribution is -2.47. The van der Waals surface area contributed by atoms with E-state index in [0.29, 0.717) is 22.8 Å². The zero-order chi connectivity index (χ0) is 21.9. The third-order valence-corrected chi connectivity index (χ3v) is 4.86. The highest BCUT2D eigenvalue weighted by Gasteiger charge is 2.23. The Morgan fingerprint density at radius 3 is 2.37 bits per heavy atom. The fraction of sp³-hybridized carbons (Fsp3) is 0.292. The van der Waals surface area contributed by atoms with E-state index in [2.05, 4.69) is 5.32 Å². The molecule has 3 rings (SSSR count). The molecule has 0 radical (unpaired) electrons. The topological polar surface area (TPSA) is 62.3 Å². The summed E-state index contributed by atoms with van der Waals surface area (Å²) in [4.78, 5) is 32.1. The second-order valence-electron chi connectivity index (χ2n) is 8.20. The quantitative estimate of drug-likeness (QED) is 0.632. The van der Waals surface area contributed by atoms with Crippen molar-refractivity contribution in [3.63, 3.8) is 0 Å². The number of fused-ring (bicyclic) bond motifs is 1. The number of likely N-dealkylation sites (N-methyl/N-ethyl adjacent to an activating group) is 1. The lowest BCUT2D eigenvalue weighted by atomic mass is 10.0. The van der Waals surface area contributed by atoms with Crippen molar-refractivity contribution in [2.45, 2.75) is 33.2 Å². The van der Waals surface area contributed by atoms with Crippen molar-refractivity contribution in [2.24, 2.45) is 0 Å². The molecule has 2 amide bonds. The van der Waals surface area contributed by atoms with Gasteiger partial charge in [-0.2, -0.15) is 0 Å². The number of rotatable bonds is 5. The first-order valence-corrected chi connectivity index (χ1v) is 10.3. The Morgan fingerprint density at radius 2 is 1.73 bits per heavy atom. The van der Waals surface area contributed by atoms with Crippen molar-refractivity contribution in [3.05, 3.63) is 65.2 Å². The highest BCUT2D eigenvalue weighted by Crippen LogP contribution is 2.26. The van der Waals surface area contributed by atoms with Crippen molar-refractivity contribution in [1.82, 2.24) is 15.2 Å². The molecule has 2 aromatic carbocycles. The minimum Gasteiger partial charge on any atom is -0.350 e. The zero-order valence-corrected chi connectivity index (χ0v) is 18.5. The average Bonchev–Trinajstić information content (AvgIpc) is 2.70. The number of aromatic nitrogens is 1. The van der Waals surface area contributed by atoms with Gasteiger partial charge in [-0.15, -0.1) is 0 Å². The van der Waals surface area contributed by atoms with Gasteiger partial charge in [-0.3, -0.25) is 9.59 Å². The van der Waals surface area contributed by atoms with Gasteiger partial charge in [0.15, 0.2) is 0 Å². The maximum atomic E-state index is 13.4. The number of pyridine rings is 1. The molecule has 0 atom stereocenters. The van der Waals surface area contributed by atoms with Gasteiger partial charge in [0.2, 0.25) is 5.91 Å². The van der Waals surface area contributed by atoms with E-state index >= 15 is 0 Å². The van der Waals surface area contributed by atoms with E-state index in [0.717, 1.165) is 16.5 Å². The Bertz CT molecular complexity index is 1070. The molecule has 0 saturated carbocycles. The number of carbonyl (C=O) groups excluding carboxylic acids is 2. The molecule has 0 bridgehead atoms. The summed E-state index contributed by atoms with van der Waals surface area (Å²) in [5, 5.41) is 4.31. The van der Waals surface area contributed by atoms with Gasteiger partial charge in [-0.1, -0.05) is 41.9 Å². The van der Waals surface area contributed by atoms with Crippen LogP contribution < -0.4 is 5.32 Å². The van der Waals surface area contributed by atoms with Crippen LogP contribution in [0.1, 0.15) is 38.1 Å². The average molecular weight is 424 g/mol. The van der Waals surface area contributed by atoms with E-state index in [1.54, 1.807) is 23.1 Å². The van der Waals surface area contributed by atoms with Gasteiger partial charge in [0, 0.05) is 28.1 Å². The number of hydrogen-bond donors (Lipinski definition) is 1. The monoisotopic (exact) mass is 423 g/mol. The predicted molar refractivity (Wildman–Crippen MR) is 122 cm³/mol. The summed E-state index contributed by atoms with van der Waals surface area (Å²) in [5.74, 6) is -0.385. The summed E-state index contributed by atoms with van der Waals surface area (Å²) in [5.41, 5.74) is 2.45. The number of hydrogen-bond acceptors (Lipinski definition) is 3. The first kappa shape index (κ1) is 21.8. The van der Waals surface area contributed by atoms with Crippen LogP contribution in [0, 0.1) is 0 Å². The molecule has 3 aromatic rings. The minimum absolute atomic E-state index is 0.000465. The molecule has 0 fully saturated rings. The van der Waals surface area contributed by atoms with Crippen molar-refractivity contribution in [3.8, 4) is 11.3 Å². The molecule has 0 unspecified atom stereocenters. The van der Waals surface area contributed by atoms with E-state index in [4.69, 9.17) is 16.6 Å². The summed E-state index contributed by atoms with van der Waals surface area (Å²) < 4.78 is 0. The first-order chi connectivity index (χ1) is 14.2. The van der Waals surface area contributed by atoms with E-state index in [9.17, 15) is 9.59 Å². The van der Waals surface area contributed by atoms with Crippen molar-refractivity contribution in [1.29, 1.82) is 0 Å². The van der Waals surface area contributed by atoms with Crippen LogP contribution in [0.5, 0.6) is 0 Å². The number of para-hydroxylation sites is 1. The van der Waals surface area contributed by atoms with E-state index in [1.165, 1.54) is 0 Å². The molecule has 5 nitrogen and oxygen atoms in total. The molecule has 30 heavy (non-hydrogen) atoms. The SMILES string of the molecule is CCN(CC(=O)NC(C)(C)C)C(=O)c1cc(-c2ccc(Cl)cc2)nc2ccccc12. The van der Waals surface area contributed by atoms with Gasteiger partial charge in [-0.25, -0.2) is 4.98 Å². The van der Waals surface area contributed by atoms with Gasteiger partial charge in [-0.05, 0) is 52.0 Å². The van der Waals surface area contributed by atoms with Gasteiger partial charge in [0.05, 0.1) is 23.3 Å². The fourth-order valence-electron chi connectivity index (χ4n) is 3.25. The predicted octanol–water partition coefficient (Wildman–Crippen LogP) is 4.93. The molecular weight excluding hydrogens is 398 g/mol. The van der Waals surface area contributed by atoms with Crippen LogP contribution in [0.25, 0.3) is 22.2 Å². The lowest BCUT2D eigenvalue weighted by molar-refractivity contribution is -0.123. The Balaban J connectivity index is 2.01. The molecule has 6 heteroatoms. The number of benzene rings is 2. The maximum Gasteiger partial charge on any atom is 0.255 e. The molecular formula is C24H26ClN3O2. The zero-order valence-electron chi connectivity index (χ0n) is 17.7. The van der Waals surface area contributed by atoms with Crippen LogP contribution >= 0.6 is 11.6 Å². The number of halogens is 1. The third-order valence-electron chi connectivity index (χ3n) is 4.60. The molecule has 156 valence electrons. The summed E-state index contributed by atoms with van der Waals surface area (Å²) in [6, 6.07) is 16.7. The molecule has 0 spiro atoms. The normalized spacial score (nSPS) is 11.4. The van der Waals surface area contributed by atoms with E-state index in [-0.39, 0.29) is 23.9 Å². The molecule has 0 saturated heterocycles. The molecule has 1 N–H and O–H groups in total. The summed E-state index contributed by atoms with van der Waals surface area (Å²) in [7, 11) is 0. The standard InChI is InChI=1S/C24H26ClN3O2/c1-5-28(15-22(29)27-24(2,3)4)23(30)19-14-21(16-10-12-17(25)13-11-16)26-20-9-7-6-8-18(19)20/h6-14H,5,15H2,1-4H3,(H,27,29). The van der Waals surface area contributed by atoms with Crippen molar-refractivity contribution >= 4 is 34.3 Å². The molecule has 0 aliphatic rings. The smallest absolute Gasteiger partial charge is 0.255 e. The summed E-state index contributed by atoms with van der Waals surface area (Å²) in [6.45, 7) is 8.03. The molecule has 1 heterocycles. The number of nitrogens with one attached hydrogen (secondary N) is 1. The Morgan fingerprint density at radius 1 is 1.07 bits per heavy atom. The molecule has 0 aliphatic carbocycles. The van der Waals surface area contributed by atoms with Crippen LogP contribution in [-0.2, 0) is 4.79 Å². The van der Waals surface area contributed by atoms with Crippen LogP contribution in [0.2, 0.25) is 5.02 Å². The first-order valence-electron chi connectivity index (χ1n) is 9.94. The Hall–Kier alpha value is -2.92.